The molecular formula is C14H21N5O. The molecule has 1 aromatic heterocycles. The molecule has 1 unspecified atom stereocenters. The molecule has 0 amide bonds. The van der Waals surface area contributed by atoms with Crippen LogP contribution in [0.25, 0.3) is 0 Å². The summed E-state index contributed by atoms with van der Waals surface area (Å²) >= 11 is 0. The molecule has 0 spiro atoms. The zero-order valence-corrected chi connectivity index (χ0v) is 12.0. The van der Waals surface area contributed by atoms with Gasteiger partial charge in [-0.1, -0.05) is 13.8 Å². The van der Waals surface area contributed by atoms with E-state index in [2.05, 4.69) is 34.3 Å². The van der Waals surface area contributed by atoms with Crippen LogP contribution in [0, 0.1) is 17.2 Å². The standard InChI is InChI=1S/C14H21N5O/c1-11(2)9-19-5-6-20-13(10-19)8-16-14-4-3-12(7-15)17-18-14/h3-4,11,13H,5-6,8-10H2,1-2H3,(H,16,18). The molecular weight excluding hydrogens is 254 g/mol. The van der Waals surface area contributed by atoms with Crippen LogP contribution in [0.3, 0.4) is 0 Å². The molecule has 6 heteroatoms. The van der Waals surface area contributed by atoms with E-state index in [1.165, 1.54) is 0 Å². The molecule has 2 heterocycles. The van der Waals surface area contributed by atoms with E-state index in [0.717, 1.165) is 26.2 Å². The Labute approximate surface area is 119 Å². The van der Waals surface area contributed by atoms with E-state index in [1.54, 1.807) is 12.1 Å². The number of nitriles is 1. The van der Waals surface area contributed by atoms with Crippen LogP contribution in [0.2, 0.25) is 0 Å². The number of hydrogen-bond donors (Lipinski definition) is 1. The second-order valence-electron chi connectivity index (χ2n) is 5.44. The number of rotatable bonds is 5. The third-order valence-electron chi connectivity index (χ3n) is 3.14. The minimum Gasteiger partial charge on any atom is -0.374 e. The average Bonchev–Trinajstić information content (AvgIpc) is 2.45. The monoisotopic (exact) mass is 275 g/mol. The lowest BCUT2D eigenvalue weighted by molar-refractivity contribution is -0.0244. The lowest BCUT2D eigenvalue weighted by atomic mass is 10.2. The van der Waals surface area contributed by atoms with Gasteiger partial charge in [0.2, 0.25) is 0 Å². The number of nitrogens with zero attached hydrogens (tertiary/aromatic N) is 4. The van der Waals surface area contributed by atoms with Crippen molar-refractivity contribution in [2.45, 2.75) is 20.0 Å². The summed E-state index contributed by atoms with van der Waals surface area (Å²) in [6.45, 7) is 8.99. The lowest BCUT2D eigenvalue weighted by Crippen LogP contribution is -2.46. The van der Waals surface area contributed by atoms with Crippen molar-refractivity contribution in [2.75, 3.05) is 38.1 Å². The van der Waals surface area contributed by atoms with Gasteiger partial charge in [-0.25, -0.2) is 0 Å². The van der Waals surface area contributed by atoms with E-state index in [9.17, 15) is 0 Å². The quantitative estimate of drug-likeness (QED) is 0.868. The first-order chi connectivity index (χ1) is 9.67. The zero-order chi connectivity index (χ0) is 14.4. The molecule has 0 aliphatic carbocycles. The molecule has 20 heavy (non-hydrogen) atoms. The van der Waals surface area contributed by atoms with Crippen LogP contribution < -0.4 is 5.32 Å². The maximum absolute atomic E-state index is 8.66. The fourth-order valence-electron chi connectivity index (χ4n) is 2.29. The van der Waals surface area contributed by atoms with Gasteiger partial charge in [-0.05, 0) is 18.1 Å². The van der Waals surface area contributed by atoms with Crippen molar-refractivity contribution in [2.24, 2.45) is 5.92 Å². The molecule has 1 saturated heterocycles. The van der Waals surface area contributed by atoms with Crippen LogP contribution in [0.4, 0.5) is 5.82 Å². The number of anilines is 1. The summed E-state index contributed by atoms with van der Waals surface area (Å²) < 4.78 is 5.75. The third-order valence-corrected chi connectivity index (χ3v) is 3.14. The summed E-state index contributed by atoms with van der Waals surface area (Å²) in [7, 11) is 0. The molecule has 2 rings (SSSR count). The summed E-state index contributed by atoms with van der Waals surface area (Å²) in [5.41, 5.74) is 0.326. The van der Waals surface area contributed by atoms with Crippen LogP contribution in [0.1, 0.15) is 19.5 Å². The Bertz CT molecular complexity index is 454. The number of aromatic nitrogens is 2. The van der Waals surface area contributed by atoms with E-state index >= 15 is 0 Å². The van der Waals surface area contributed by atoms with Gasteiger partial charge in [0, 0.05) is 26.2 Å². The normalized spacial score (nSPS) is 19.8. The van der Waals surface area contributed by atoms with E-state index < -0.39 is 0 Å². The number of morpholine rings is 1. The van der Waals surface area contributed by atoms with Gasteiger partial charge in [-0.15, -0.1) is 10.2 Å². The Morgan fingerprint density at radius 2 is 2.35 bits per heavy atom. The summed E-state index contributed by atoms with van der Waals surface area (Å²) in [6.07, 6.45) is 0.167. The van der Waals surface area contributed by atoms with Crippen molar-refractivity contribution < 1.29 is 4.74 Å². The molecule has 0 aromatic carbocycles. The summed E-state index contributed by atoms with van der Waals surface area (Å²) in [5, 5.41) is 19.6. The molecule has 1 fully saturated rings. The van der Waals surface area contributed by atoms with E-state index in [-0.39, 0.29) is 6.10 Å². The zero-order valence-electron chi connectivity index (χ0n) is 12.0. The van der Waals surface area contributed by atoms with Gasteiger partial charge in [0.15, 0.2) is 5.69 Å². The van der Waals surface area contributed by atoms with Crippen LogP contribution in [0.5, 0.6) is 0 Å². The van der Waals surface area contributed by atoms with Gasteiger partial charge in [-0.3, -0.25) is 4.90 Å². The molecule has 0 bridgehead atoms. The Morgan fingerprint density at radius 3 is 3.00 bits per heavy atom. The van der Waals surface area contributed by atoms with Crippen LogP contribution in [0.15, 0.2) is 12.1 Å². The third kappa shape index (κ3) is 4.44. The molecule has 1 aromatic rings. The Morgan fingerprint density at radius 1 is 1.50 bits per heavy atom. The van der Waals surface area contributed by atoms with Crippen molar-refractivity contribution in [1.29, 1.82) is 5.26 Å². The summed E-state index contributed by atoms with van der Waals surface area (Å²) in [4.78, 5) is 2.44. The molecule has 108 valence electrons. The minimum atomic E-state index is 0.167. The summed E-state index contributed by atoms with van der Waals surface area (Å²) in [5.74, 6) is 1.35. The van der Waals surface area contributed by atoms with Gasteiger partial charge < -0.3 is 10.1 Å². The Balaban J connectivity index is 1.79. The summed E-state index contributed by atoms with van der Waals surface area (Å²) in [6, 6.07) is 5.37. The highest BCUT2D eigenvalue weighted by molar-refractivity contribution is 5.35. The highest BCUT2D eigenvalue weighted by atomic mass is 16.5. The molecule has 6 nitrogen and oxygen atoms in total. The van der Waals surface area contributed by atoms with Crippen molar-refractivity contribution in [3.8, 4) is 6.07 Å². The first-order valence-electron chi connectivity index (χ1n) is 6.99. The predicted molar refractivity (Wildman–Crippen MR) is 76.3 cm³/mol. The predicted octanol–water partition coefficient (Wildman–Crippen LogP) is 1.12. The van der Waals surface area contributed by atoms with Crippen molar-refractivity contribution >= 4 is 5.82 Å². The van der Waals surface area contributed by atoms with E-state index in [1.807, 2.05) is 6.07 Å². The molecule has 0 saturated carbocycles. The minimum absolute atomic E-state index is 0.167. The first kappa shape index (κ1) is 14.7. The molecule has 0 radical (unpaired) electrons. The van der Waals surface area contributed by atoms with Crippen molar-refractivity contribution in [1.82, 2.24) is 15.1 Å². The van der Waals surface area contributed by atoms with Crippen molar-refractivity contribution in [3.63, 3.8) is 0 Å². The van der Waals surface area contributed by atoms with Gasteiger partial charge >= 0.3 is 0 Å². The van der Waals surface area contributed by atoms with E-state index in [0.29, 0.717) is 24.0 Å². The van der Waals surface area contributed by atoms with Gasteiger partial charge in [0.25, 0.3) is 0 Å². The average molecular weight is 275 g/mol. The van der Waals surface area contributed by atoms with Gasteiger partial charge in [0.1, 0.15) is 11.9 Å². The molecule has 1 atom stereocenters. The fraction of sp³-hybridized carbons (Fsp3) is 0.643. The Hall–Kier alpha value is -1.71. The molecule has 1 aliphatic heterocycles. The second-order valence-corrected chi connectivity index (χ2v) is 5.44. The number of hydrogen-bond acceptors (Lipinski definition) is 6. The number of ether oxygens (including phenoxy) is 1. The highest BCUT2D eigenvalue weighted by Gasteiger charge is 2.20. The van der Waals surface area contributed by atoms with Crippen LogP contribution >= 0.6 is 0 Å². The van der Waals surface area contributed by atoms with Crippen molar-refractivity contribution in [3.05, 3.63) is 17.8 Å². The molecule has 1 aliphatic rings. The van der Waals surface area contributed by atoms with Gasteiger partial charge in [0.05, 0.1) is 12.7 Å². The largest absolute Gasteiger partial charge is 0.374 e. The van der Waals surface area contributed by atoms with Crippen LogP contribution in [-0.4, -0.2) is 54.0 Å². The maximum Gasteiger partial charge on any atom is 0.163 e. The van der Waals surface area contributed by atoms with Crippen LogP contribution in [-0.2, 0) is 4.74 Å². The highest BCUT2D eigenvalue weighted by Crippen LogP contribution is 2.09. The second kappa shape index (κ2) is 7.17. The molecule has 1 N–H and O–H groups in total. The SMILES string of the molecule is CC(C)CN1CCOC(CNc2ccc(C#N)nn2)C1. The van der Waals surface area contributed by atoms with E-state index in [4.69, 9.17) is 10.00 Å². The lowest BCUT2D eigenvalue weighted by Gasteiger charge is -2.34. The van der Waals surface area contributed by atoms with Gasteiger partial charge in [-0.2, -0.15) is 5.26 Å². The maximum atomic E-state index is 8.66. The Kier molecular flexibility index (Phi) is 5.27. The smallest absolute Gasteiger partial charge is 0.163 e. The fourth-order valence-corrected chi connectivity index (χ4v) is 2.29. The first-order valence-corrected chi connectivity index (χ1v) is 6.99. The number of nitrogens with one attached hydrogen (secondary N) is 1. The topological polar surface area (TPSA) is 74.1 Å².